The fourth-order valence-electron chi connectivity index (χ4n) is 3.19. The number of carbonyl (C=O) groups is 1. The minimum Gasteiger partial charge on any atom is -0.381 e. The van der Waals surface area contributed by atoms with Crippen molar-refractivity contribution < 1.29 is 9.53 Å². The Hall–Kier alpha value is -1.60. The van der Waals surface area contributed by atoms with Gasteiger partial charge < -0.3 is 19.9 Å². The molecule has 0 unspecified atom stereocenters. The van der Waals surface area contributed by atoms with E-state index in [0.29, 0.717) is 19.0 Å². The number of imidazole rings is 1. The molecule has 0 bridgehead atoms. The maximum absolute atomic E-state index is 12.4. The number of hydrogen-bond donors (Lipinski definition) is 2. The van der Waals surface area contributed by atoms with Crippen LogP contribution in [-0.4, -0.2) is 71.7 Å². The van der Waals surface area contributed by atoms with Gasteiger partial charge in [-0.05, 0) is 13.0 Å². The number of carbonyl (C=O) groups excluding carboxylic acids is 1. The van der Waals surface area contributed by atoms with Crippen LogP contribution in [-0.2, 0) is 4.74 Å². The molecule has 0 aliphatic carbocycles. The summed E-state index contributed by atoms with van der Waals surface area (Å²) in [4.78, 5) is 24.2. The molecule has 2 atom stereocenters. The Morgan fingerprint density at radius 1 is 1.55 bits per heavy atom. The Bertz CT molecular complexity index is 472. The van der Waals surface area contributed by atoms with Gasteiger partial charge >= 0.3 is 6.03 Å². The van der Waals surface area contributed by atoms with Gasteiger partial charge in [-0.2, -0.15) is 0 Å². The summed E-state index contributed by atoms with van der Waals surface area (Å²) in [6, 6.07) is 0.175. The molecule has 1 aromatic heterocycles. The molecular formula is C15H25N5O2. The number of aromatic amines is 1. The first-order valence-electron chi connectivity index (χ1n) is 8.11. The molecule has 2 saturated heterocycles. The van der Waals surface area contributed by atoms with Gasteiger partial charge in [0.25, 0.3) is 0 Å². The van der Waals surface area contributed by atoms with Crippen molar-refractivity contribution in [3.8, 4) is 0 Å². The number of ether oxygens (including phenoxy) is 1. The molecule has 2 aliphatic rings. The van der Waals surface area contributed by atoms with Crippen LogP contribution in [0.3, 0.4) is 0 Å². The van der Waals surface area contributed by atoms with Gasteiger partial charge in [-0.15, -0.1) is 0 Å². The average Bonchev–Trinajstić information content (AvgIpc) is 3.25. The molecule has 1 aromatic rings. The van der Waals surface area contributed by atoms with Gasteiger partial charge in [0.1, 0.15) is 5.82 Å². The third-order valence-electron chi connectivity index (χ3n) is 4.59. The number of nitrogens with zero attached hydrogens (tertiary/aromatic N) is 3. The van der Waals surface area contributed by atoms with Gasteiger partial charge in [0.2, 0.25) is 0 Å². The zero-order valence-corrected chi connectivity index (χ0v) is 13.1. The van der Waals surface area contributed by atoms with Crippen molar-refractivity contribution in [2.75, 3.05) is 45.9 Å². The Kier molecular flexibility index (Phi) is 4.94. The number of nitrogens with one attached hydrogen (secondary N) is 2. The maximum atomic E-state index is 12.4. The predicted molar refractivity (Wildman–Crippen MR) is 82.5 cm³/mol. The van der Waals surface area contributed by atoms with Crippen LogP contribution in [0.25, 0.3) is 0 Å². The van der Waals surface area contributed by atoms with Crippen molar-refractivity contribution in [3.05, 3.63) is 18.2 Å². The Balaban J connectivity index is 1.56. The number of rotatable bonds is 4. The number of aromatic nitrogens is 2. The largest absolute Gasteiger partial charge is 0.381 e. The molecule has 7 heteroatoms. The molecule has 122 valence electrons. The molecule has 2 aliphatic heterocycles. The first-order valence-corrected chi connectivity index (χ1v) is 8.11. The third kappa shape index (κ3) is 3.41. The highest BCUT2D eigenvalue weighted by atomic mass is 16.5. The fraction of sp³-hybridized carbons (Fsp3) is 0.733. The van der Waals surface area contributed by atoms with Crippen molar-refractivity contribution in [1.82, 2.24) is 25.1 Å². The number of hydrogen-bond acceptors (Lipinski definition) is 4. The summed E-state index contributed by atoms with van der Waals surface area (Å²) in [6.07, 6.45) is 4.64. The first kappa shape index (κ1) is 15.3. The monoisotopic (exact) mass is 307 g/mol. The van der Waals surface area contributed by atoms with Crippen molar-refractivity contribution >= 4 is 6.03 Å². The number of H-pyrrole nitrogens is 1. The van der Waals surface area contributed by atoms with Gasteiger partial charge in [-0.3, -0.25) is 4.90 Å². The molecule has 0 aromatic carbocycles. The molecule has 7 nitrogen and oxygen atoms in total. The highest BCUT2D eigenvalue weighted by Gasteiger charge is 2.31. The van der Waals surface area contributed by atoms with Crippen LogP contribution in [0.2, 0.25) is 0 Å². The predicted octanol–water partition coefficient (Wildman–Crippen LogP) is 0.834. The molecule has 3 rings (SSSR count). The van der Waals surface area contributed by atoms with Crippen molar-refractivity contribution in [1.29, 1.82) is 0 Å². The average molecular weight is 307 g/mol. The molecule has 2 fully saturated rings. The second-order valence-electron chi connectivity index (χ2n) is 5.98. The third-order valence-corrected chi connectivity index (χ3v) is 4.59. The molecule has 3 heterocycles. The number of likely N-dealkylation sites (N-methyl/N-ethyl adjacent to an activating group) is 1. The van der Waals surface area contributed by atoms with E-state index in [4.69, 9.17) is 4.74 Å². The van der Waals surface area contributed by atoms with Crippen LogP contribution in [0.1, 0.15) is 25.2 Å². The smallest absolute Gasteiger partial charge is 0.317 e. The first-order chi connectivity index (χ1) is 10.8. The number of piperazine rings is 1. The molecule has 2 N–H and O–H groups in total. The second kappa shape index (κ2) is 7.11. The highest BCUT2D eigenvalue weighted by molar-refractivity contribution is 5.74. The van der Waals surface area contributed by atoms with E-state index in [-0.39, 0.29) is 12.1 Å². The van der Waals surface area contributed by atoms with Crippen LogP contribution >= 0.6 is 0 Å². The molecular weight excluding hydrogens is 282 g/mol. The lowest BCUT2D eigenvalue weighted by Gasteiger charge is -2.40. The van der Waals surface area contributed by atoms with Crippen molar-refractivity contribution in [2.45, 2.75) is 19.4 Å². The quantitative estimate of drug-likeness (QED) is 0.864. The Morgan fingerprint density at radius 3 is 3.14 bits per heavy atom. The zero-order valence-electron chi connectivity index (χ0n) is 13.1. The molecule has 0 radical (unpaired) electrons. The van der Waals surface area contributed by atoms with E-state index >= 15 is 0 Å². The zero-order chi connectivity index (χ0) is 15.4. The second-order valence-corrected chi connectivity index (χ2v) is 5.98. The lowest BCUT2D eigenvalue weighted by Crippen LogP contribution is -2.53. The standard InChI is InChI=1S/C15H25N5O2/c1-2-19-6-7-20(10-13(19)14-16-4-5-17-14)15(21)18-9-12-3-8-22-11-12/h4-5,12-13H,2-3,6-11H2,1H3,(H,16,17)(H,18,21)/t12-,13+/m1/s1. The lowest BCUT2D eigenvalue weighted by molar-refractivity contribution is 0.0892. The van der Waals surface area contributed by atoms with Gasteiger partial charge in [0.05, 0.1) is 12.6 Å². The van der Waals surface area contributed by atoms with Crippen molar-refractivity contribution in [2.24, 2.45) is 5.92 Å². The van der Waals surface area contributed by atoms with E-state index in [1.165, 1.54) is 0 Å². The minimum absolute atomic E-state index is 0.0270. The number of amides is 2. The van der Waals surface area contributed by atoms with Crippen LogP contribution in [0, 0.1) is 5.92 Å². The van der Waals surface area contributed by atoms with E-state index in [9.17, 15) is 4.79 Å². The molecule has 2 amide bonds. The van der Waals surface area contributed by atoms with Gasteiger partial charge in [0.15, 0.2) is 0 Å². The highest BCUT2D eigenvalue weighted by Crippen LogP contribution is 2.22. The maximum Gasteiger partial charge on any atom is 0.317 e. The van der Waals surface area contributed by atoms with Gasteiger partial charge in [0, 0.05) is 51.1 Å². The molecule has 22 heavy (non-hydrogen) atoms. The SMILES string of the molecule is CCN1CCN(C(=O)NC[C@H]2CCOC2)C[C@H]1c1ncc[nH]1. The van der Waals surface area contributed by atoms with E-state index < -0.39 is 0 Å². The summed E-state index contributed by atoms with van der Waals surface area (Å²) in [5, 5.41) is 3.05. The van der Waals surface area contributed by atoms with Gasteiger partial charge in [-0.1, -0.05) is 6.92 Å². The minimum atomic E-state index is 0.0270. The molecule has 0 spiro atoms. The lowest BCUT2D eigenvalue weighted by atomic mass is 10.1. The summed E-state index contributed by atoms with van der Waals surface area (Å²) < 4.78 is 5.35. The summed E-state index contributed by atoms with van der Waals surface area (Å²) in [5.74, 6) is 1.39. The van der Waals surface area contributed by atoms with Crippen molar-refractivity contribution in [3.63, 3.8) is 0 Å². The normalized spacial score (nSPS) is 26.3. The number of urea groups is 1. The van der Waals surface area contributed by atoms with Gasteiger partial charge in [-0.25, -0.2) is 9.78 Å². The van der Waals surface area contributed by atoms with E-state index in [1.54, 1.807) is 6.20 Å². The van der Waals surface area contributed by atoms with Crippen LogP contribution < -0.4 is 5.32 Å². The molecule has 0 saturated carbocycles. The Labute approximate surface area is 131 Å². The summed E-state index contributed by atoms with van der Waals surface area (Å²) >= 11 is 0. The summed E-state index contributed by atoms with van der Waals surface area (Å²) in [7, 11) is 0. The summed E-state index contributed by atoms with van der Waals surface area (Å²) in [5.41, 5.74) is 0. The van der Waals surface area contributed by atoms with E-state index in [2.05, 4.69) is 27.1 Å². The van der Waals surface area contributed by atoms with E-state index in [1.807, 2.05) is 11.1 Å². The van der Waals surface area contributed by atoms with Crippen LogP contribution in [0.15, 0.2) is 12.4 Å². The summed E-state index contributed by atoms with van der Waals surface area (Å²) in [6.45, 7) is 7.70. The van der Waals surface area contributed by atoms with Crippen LogP contribution in [0.4, 0.5) is 4.79 Å². The van der Waals surface area contributed by atoms with Crippen LogP contribution in [0.5, 0.6) is 0 Å². The fourth-order valence-corrected chi connectivity index (χ4v) is 3.19. The van der Waals surface area contributed by atoms with E-state index in [0.717, 1.165) is 45.1 Å². The Morgan fingerprint density at radius 2 is 2.45 bits per heavy atom. The topological polar surface area (TPSA) is 73.5 Å².